The number of aryl methyl sites for hydroxylation is 1. The maximum Gasteiger partial charge on any atom is 0.121 e. The molecule has 1 aliphatic rings. The Kier molecular flexibility index (Phi) is 5.19. The van der Waals surface area contributed by atoms with Crippen LogP contribution in [0.25, 0.3) is 21.8 Å². The molecule has 0 aliphatic carbocycles. The van der Waals surface area contributed by atoms with Gasteiger partial charge in [-0.15, -0.1) is 0 Å². The molecule has 2 N–H and O–H groups in total. The number of nitrogens with one attached hydrogen (secondary N) is 1. The number of aliphatic hydroxyl groups excluding tert-OH is 1. The van der Waals surface area contributed by atoms with Gasteiger partial charge in [-0.1, -0.05) is 54.1 Å². The quantitative estimate of drug-likeness (QED) is 0.540. The van der Waals surface area contributed by atoms with Crippen molar-refractivity contribution in [2.24, 2.45) is 0 Å². The molecule has 154 valence electrons. The minimum atomic E-state index is -0.356. The predicted octanol–water partition coefficient (Wildman–Crippen LogP) is 2.87. The van der Waals surface area contributed by atoms with Crippen LogP contribution in [0.3, 0.4) is 0 Å². The summed E-state index contributed by atoms with van der Waals surface area (Å²) in [7, 11) is 0. The van der Waals surface area contributed by atoms with E-state index >= 15 is 0 Å². The minimum absolute atomic E-state index is 0.356. The number of aliphatic hydroxyl groups is 1. The van der Waals surface area contributed by atoms with E-state index in [1.54, 1.807) is 0 Å². The van der Waals surface area contributed by atoms with Crippen molar-refractivity contribution >= 4 is 27.5 Å². The standard InChI is InChI=1S/C26H29N3O/c1-20-10-12-21(13-11-20)28-16-14-27(15-17-28)18-22(30)19-29-25-8-4-2-6-23(25)24-7-3-5-9-26(24)29/h2-13,22,30H,14-19H2,1H3/p+1. The number of rotatable bonds is 5. The Morgan fingerprint density at radius 2 is 1.40 bits per heavy atom. The van der Waals surface area contributed by atoms with Crippen molar-refractivity contribution in [2.45, 2.75) is 19.6 Å². The number of hydrogen-bond donors (Lipinski definition) is 2. The van der Waals surface area contributed by atoms with Gasteiger partial charge >= 0.3 is 0 Å². The average molecular weight is 401 g/mol. The van der Waals surface area contributed by atoms with Gasteiger partial charge in [0.1, 0.15) is 12.6 Å². The molecule has 4 aromatic rings. The highest BCUT2D eigenvalue weighted by Crippen LogP contribution is 2.28. The number of anilines is 1. The van der Waals surface area contributed by atoms with Crippen LogP contribution < -0.4 is 9.80 Å². The van der Waals surface area contributed by atoms with E-state index in [4.69, 9.17) is 0 Å². The molecule has 0 bridgehead atoms. The highest BCUT2D eigenvalue weighted by atomic mass is 16.3. The molecule has 0 amide bonds. The van der Waals surface area contributed by atoms with E-state index in [2.05, 4.69) is 89.2 Å². The number of piperazine rings is 1. The highest BCUT2D eigenvalue weighted by molar-refractivity contribution is 6.07. The van der Waals surface area contributed by atoms with E-state index in [1.807, 2.05) is 0 Å². The van der Waals surface area contributed by atoms with E-state index in [0.29, 0.717) is 6.54 Å². The molecule has 3 aromatic carbocycles. The molecule has 1 saturated heterocycles. The monoisotopic (exact) mass is 400 g/mol. The van der Waals surface area contributed by atoms with Crippen molar-refractivity contribution in [1.82, 2.24) is 4.57 Å². The highest BCUT2D eigenvalue weighted by Gasteiger charge is 2.23. The summed E-state index contributed by atoms with van der Waals surface area (Å²) >= 11 is 0. The predicted molar refractivity (Wildman–Crippen MR) is 124 cm³/mol. The number of fused-ring (bicyclic) bond motifs is 3. The van der Waals surface area contributed by atoms with Crippen LogP contribution in [0.1, 0.15) is 5.56 Å². The van der Waals surface area contributed by atoms with Crippen LogP contribution in [0.2, 0.25) is 0 Å². The van der Waals surface area contributed by atoms with E-state index < -0.39 is 0 Å². The van der Waals surface area contributed by atoms with Gasteiger partial charge in [-0.3, -0.25) is 0 Å². The van der Waals surface area contributed by atoms with E-state index in [9.17, 15) is 5.11 Å². The van der Waals surface area contributed by atoms with Gasteiger partial charge < -0.3 is 19.5 Å². The molecular formula is C26H30N3O+. The lowest BCUT2D eigenvalue weighted by Gasteiger charge is -2.34. The zero-order valence-electron chi connectivity index (χ0n) is 17.6. The fourth-order valence-electron chi connectivity index (χ4n) is 4.85. The largest absolute Gasteiger partial charge is 0.385 e. The number of benzene rings is 3. The first kappa shape index (κ1) is 19.2. The van der Waals surface area contributed by atoms with E-state index in [0.717, 1.165) is 32.7 Å². The molecule has 1 aromatic heterocycles. The second-order valence-electron chi connectivity index (χ2n) is 8.58. The summed E-state index contributed by atoms with van der Waals surface area (Å²) in [5.74, 6) is 0. The SMILES string of the molecule is Cc1ccc(N2CC[NH+](CC(O)Cn3c4ccccc4c4ccccc43)CC2)cc1. The molecule has 1 aliphatic heterocycles. The molecule has 4 nitrogen and oxygen atoms in total. The van der Waals surface area contributed by atoms with Crippen molar-refractivity contribution in [2.75, 3.05) is 37.6 Å². The van der Waals surface area contributed by atoms with Gasteiger partial charge in [0.05, 0.1) is 32.7 Å². The Morgan fingerprint density at radius 3 is 2.00 bits per heavy atom. The van der Waals surface area contributed by atoms with Crippen LogP contribution in [0.15, 0.2) is 72.8 Å². The van der Waals surface area contributed by atoms with E-state index in [-0.39, 0.29) is 6.10 Å². The third-order valence-electron chi connectivity index (χ3n) is 6.47. The maximum absolute atomic E-state index is 11.0. The molecule has 1 unspecified atom stereocenters. The van der Waals surface area contributed by atoms with Gasteiger partial charge in [-0.25, -0.2) is 0 Å². The second kappa shape index (κ2) is 8.13. The van der Waals surface area contributed by atoms with Crippen LogP contribution in [-0.2, 0) is 6.54 Å². The lowest BCUT2D eigenvalue weighted by Crippen LogP contribution is -3.15. The molecule has 1 atom stereocenters. The molecule has 0 saturated carbocycles. The van der Waals surface area contributed by atoms with Crippen molar-refractivity contribution in [1.29, 1.82) is 0 Å². The lowest BCUT2D eigenvalue weighted by molar-refractivity contribution is -0.903. The van der Waals surface area contributed by atoms with Crippen molar-refractivity contribution in [3.8, 4) is 0 Å². The smallest absolute Gasteiger partial charge is 0.121 e. The van der Waals surface area contributed by atoms with Gasteiger partial charge in [-0.2, -0.15) is 0 Å². The molecule has 5 rings (SSSR count). The zero-order valence-corrected chi connectivity index (χ0v) is 17.6. The summed E-state index contributed by atoms with van der Waals surface area (Å²) in [6, 6.07) is 25.8. The van der Waals surface area contributed by atoms with E-state index in [1.165, 1.54) is 38.0 Å². The number of para-hydroxylation sites is 2. The van der Waals surface area contributed by atoms with Crippen LogP contribution in [-0.4, -0.2) is 48.5 Å². The average Bonchev–Trinajstić information content (AvgIpc) is 3.09. The van der Waals surface area contributed by atoms with Crippen molar-refractivity contribution in [3.05, 3.63) is 78.4 Å². The minimum Gasteiger partial charge on any atom is -0.385 e. The van der Waals surface area contributed by atoms with Crippen LogP contribution in [0, 0.1) is 6.92 Å². The maximum atomic E-state index is 11.0. The molecule has 30 heavy (non-hydrogen) atoms. The third-order valence-corrected chi connectivity index (χ3v) is 6.47. The molecular weight excluding hydrogens is 370 g/mol. The van der Waals surface area contributed by atoms with Crippen molar-refractivity contribution < 1.29 is 10.0 Å². The topological polar surface area (TPSA) is 32.8 Å². The Balaban J connectivity index is 1.26. The van der Waals surface area contributed by atoms with Crippen molar-refractivity contribution in [3.63, 3.8) is 0 Å². The lowest BCUT2D eigenvalue weighted by atomic mass is 10.2. The first-order valence-electron chi connectivity index (χ1n) is 11.0. The fourth-order valence-corrected chi connectivity index (χ4v) is 4.85. The second-order valence-corrected chi connectivity index (χ2v) is 8.58. The number of quaternary nitrogens is 1. The third kappa shape index (κ3) is 3.69. The van der Waals surface area contributed by atoms with Crippen LogP contribution in [0.4, 0.5) is 5.69 Å². The Labute approximate surface area is 177 Å². The molecule has 2 heterocycles. The number of aromatic nitrogens is 1. The first-order valence-corrected chi connectivity index (χ1v) is 11.0. The Bertz CT molecular complexity index is 1090. The Morgan fingerprint density at radius 1 is 0.833 bits per heavy atom. The van der Waals surface area contributed by atoms with Gasteiger partial charge in [0, 0.05) is 27.5 Å². The summed E-state index contributed by atoms with van der Waals surface area (Å²) < 4.78 is 2.29. The van der Waals surface area contributed by atoms with Crippen LogP contribution >= 0.6 is 0 Å². The molecule has 1 fully saturated rings. The summed E-state index contributed by atoms with van der Waals surface area (Å²) in [5, 5.41) is 13.5. The summed E-state index contributed by atoms with van der Waals surface area (Å²) in [5.41, 5.74) is 5.02. The van der Waals surface area contributed by atoms with Crippen LogP contribution in [0.5, 0.6) is 0 Å². The first-order chi connectivity index (χ1) is 14.7. The summed E-state index contributed by atoms with van der Waals surface area (Å²) in [6.45, 7) is 7.78. The summed E-state index contributed by atoms with van der Waals surface area (Å²) in [4.78, 5) is 3.95. The van der Waals surface area contributed by atoms with Gasteiger partial charge in [0.2, 0.25) is 0 Å². The molecule has 4 heteroatoms. The van der Waals surface area contributed by atoms with Gasteiger partial charge in [0.25, 0.3) is 0 Å². The molecule has 0 spiro atoms. The molecule has 0 radical (unpaired) electrons. The fraction of sp³-hybridized carbons (Fsp3) is 0.308. The normalized spacial score (nSPS) is 16.4. The number of hydrogen-bond acceptors (Lipinski definition) is 2. The zero-order chi connectivity index (χ0) is 20.5. The van der Waals surface area contributed by atoms with Gasteiger partial charge in [-0.05, 0) is 31.2 Å². The Hall–Kier alpha value is -2.82. The summed E-state index contributed by atoms with van der Waals surface area (Å²) in [6.07, 6.45) is -0.356. The number of nitrogens with zero attached hydrogens (tertiary/aromatic N) is 2. The van der Waals surface area contributed by atoms with Gasteiger partial charge in [0.15, 0.2) is 0 Å².